The summed E-state index contributed by atoms with van der Waals surface area (Å²) in [6.45, 7) is 2.02. The van der Waals surface area contributed by atoms with Gasteiger partial charge >= 0.3 is 0 Å². The summed E-state index contributed by atoms with van der Waals surface area (Å²) in [4.78, 5) is 4.53. The molecule has 1 heterocycles. The lowest BCUT2D eigenvalue weighted by atomic mass is 10.0. The molecule has 1 aromatic heterocycles. The lowest BCUT2D eigenvalue weighted by molar-refractivity contribution is 0.413. The second-order valence-electron chi connectivity index (χ2n) is 4.32. The van der Waals surface area contributed by atoms with E-state index in [1.54, 1.807) is 18.4 Å². The lowest BCUT2D eigenvalue weighted by Gasteiger charge is -2.18. The molecule has 0 amide bonds. The van der Waals surface area contributed by atoms with Gasteiger partial charge in [0.25, 0.3) is 0 Å². The molecule has 0 radical (unpaired) electrons. The van der Waals surface area contributed by atoms with Gasteiger partial charge in [-0.25, -0.2) is 4.98 Å². The predicted octanol–water partition coefficient (Wildman–Crippen LogP) is 3.73. The van der Waals surface area contributed by atoms with Gasteiger partial charge in [0, 0.05) is 28.0 Å². The number of aryl methyl sites for hydroxylation is 1. The summed E-state index contributed by atoms with van der Waals surface area (Å²) in [6, 6.07) is 6.25. The second kappa shape index (κ2) is 6.50. The zero-order chi connectivity index (χ0) is 13.8. The van der Waals surface area contributed by atoms with Crippen LogP contribution in [0.2, 0.25) is 0 Å². The fourth-order valence-corrected chi connectivity index (χ4v) is 3.30. The van der Waals surface area contributed by atoms with E-state index in [-0.39, 0.29) is 6.04 Å². The molecule has 5 heteroatoms. The first kappa shape index (κ1) is 14.5. The van der Waals surface area contributed by atoms with Gasteiger partial charge in [-0.1, -0.05) is 15.9 Å². The summed E-state index contributed by atoms with van der Waals surface area (Å²) >= 11 is 5.31. The molecule has 1 unspecified atom stereocenters. The van der Waals surface area contributed by atoms with E-state index in [1.165, 1.54) is 5.56 Å². The van der Waals surface area contributed by atoms with Gasteiger partial charge in [-0.15, -0.1) is 11.3 Å². The molecule has 1 N–H and O–H groups in total. The maximum absolute atomic E-state index is 5.30. The van der Waals surface area contributed by atoms with Gasteiger partial charge in [0.15, 0.2) is 0 Å². The first-order valence-corrected chi connectivity index (χ1v) is 7.73. The van der Waals surface area contributed by atoms with E-state index in [2.05, 4.69) is 37.7 Å². The molecular formula is C14H17BrN2OS. The first-order valence-electron chi connectivity index (χ1n) is 6.05. The number of nitrogens with one attached hydrogen (secondary N) is 1. The minimum Gasteiger partial charge on any atom is -0.497 e. The van der Waals surface area contributed by atoms with Crippen molar-refractivity contribution in [3.8, 4) is 5.75 Å². The Morgan fingerprint density at radius 2 is 2.26 bits per heavy atom. The van der Waals surface area contributed by atoms with Gasteiger partial charge < -0.3 is 10.1 Å². The van der Waals surface area contributed by atoms with Crippen LogP contribution >= 0.6 is 27.3 Å². The number of hydrogen-bond donors (Lipinski definition) is 1. The Bertz CT molecular complexity index is 556. The number of nitrogens with zero attached hydrogens (tertiary/aromatic N) is 1. The van der Waals surface area contributed by atoms with Gasteiger partial charge in [0.2, 0.25) is 0 Å². The molecule has 19 heavy (non-hydrogen) atoms. The van der Waals surface area contributed by atoms with E-state index in [9.17, 15) is 0 Å². The number of rotatable bonds is 5. The fraction of sp³-hybridized carbons (Fsp3) is 0.357. The SMILES string of the molecule is CNC(Cc1nc(C)cs1)c1cc(OC)ccc1Br. The number of hydrogen-bond acceptors (Lipinski definition) is 4. The molecule has 0 spiro atoms. The Kier molecular flexibility index (Phi) is 4.96. The summed E-state index contributed by atoms with van der Waals surface area (Å²) in [5.41, 5.74) is 2.27. The van der Waals surface area contributed by atoms with Crippen LogP contribution in [0, 0.1) is 6.92 Å². The van der Waals surface area contributed by atoms with Crippen molar-refractivity contribution in [2.45, 2.75) is 19.4 Å². The Morgan fingerprint density at radius 3 is 2.84 bits per heavy atom. The molecule has 0 fully saturated rings. The van der Waals surface area contributed by atoms with Gasteiger partial charge in [-0.3, -0.25) is 0 Å². The van der Waals surface area contributed by atoms with Crippen LogP contribution in [0.15, 0.2) is 28.1 Å². The van der Waals surface area contributed by atoms with Crippen molar-refractivity contribution in [1.29, 1.82) is 0 Å². The minimum absolute atomic E-state index is 0.218. The normalized spacial score (nSPS) is 12.4. The highest BCUT2D eigenvalue weighted by atomic mass is 79.9. The summed E-state index contributed by atoms with van der Waals surface area (Å²) in [5.74, 6) is 0.869. The number of likely N-dealkylation sites (N-methyl/N-ethyl adjacent to an activating group) is 1. The summed E-state index contributed by atoms with van der Waals surface area (Å²) in [7, 11) is 3.66. The van der Waals surface area contributed by atoms with Gasteiger partial charge in [0.05, 0.1) is 12.1 Å². The van der Waals surface area contributed by atoms with Crippen LogP contribution in [-0.4, -0.2) is 19.1 Å². The largest absolute Gasteiger partial charge is 0.497 e. The summed E-state index contributed by atoms with van der Waals surface area (Å²) in [5, 5.41) is 6.58. The molecule has 0 saturated heterocycles. The van der Waals surface area contributed by atoms with E-state index in [4.69, 9.17) is 4.74 Å². The first-order chi connectivity index (χ1) is 9.13. The smallest absolute Gasteiger partial charge is 0.119 e. The minimum atomic E-state index is 0.218. The van der Waals surface area contributed by atoms with E-state index < -0.39 is 0 Å². The lowest BCUT2D eigenvalue weighted by Crippen LogP contribution is -2.19. The van der Waals surface area contributed by atoms with Crippen molar-refractivity contribution in [2.24, 2.45) is 0 Å². The molecular weight excluding hydrogens is 324 g/mol. The molecule has 3 nitrogen and oxygen atoms in total. The van der Waals surface area contributed by atoms with Crippen LogP contribution in [-0.2, 0) is 6.42 Å². The topological polar surface area (TPSA) is 34.2 Å². The zero-order valence-electron chi connectivity index (χ0n) is 11.2. The molecule has 2 rings (SSSR count). The third-order valence-electron chi connectivity index (χ3n) is 2.97. The highest BCUT2D eigenvalue weighted by Crippen LogP contribution is 2.30. The van der Waals surface area contributed by atoms with Gasteiger partial charge in [-0.2, -0.15) is 0 Å². The molecule has 102 valence electrons. The van der Waals surface area contributed by atoms with Crippen molar-refractivity contribution < 1.29 is 4.74 Å². The van der Waals surface area contributed by atoms with E-state index in [0.717, 1.165) is 27.3 Å². The molecule has 0 saturated carbocycles. The maximum atomic E-state index is 5.30. The van der Waals surface area contributed by atoms with E-state index >= 15 is 0 Å². The Hall–Kier alpha value is -0.910. The van der Waals surface area contributed by atoms with Crippen molar-refractivity contribution in [3.05, 3.63) is 44.3 Å². The van der Waals surface area contributed by atoms with Crippen LogP contribution in [0.4, 0.5) is 0 Å². The summed E-state index contributed by atoms with van der Waals surface area (Å²) in [6.07, 6.45) is 0.876. The highest BCUT2D eigenvalue weighted by Gasteiger charge is 2.16. The number of halogens is 1. The second-order valence-corrected chi connectivity index (χ2v) is 6.11. The molecule has 1 atom stereocenters. The van der Waals surface area contributed by atoms with Crippen molar-refractivity contribution >= 4 is 27.3 Å². The zero-order valence-corrected chi connectivity index (χ0v) is 13.6. The Morgan fingerprint density at radius 1 is 1.47 bits per heavy atom. The van der Waals surface area contributed by atoms with E-state index in [0.29, 0.717) is 0 Å². The molecule has 0 bridgehead atoms. The number of ether oxygens (including phenoxy) is 1. The van der Waals surface area contributed by atoms with Crippen molar-refractivity contribution in [2.75, 3.05) is 14.2 Å². The number of thiazole rings is 1. The standard InChI is InChI=1S/C14H17BrN2OS/c1-9-8-19-14(17-9)7-13(16-2)11-6-10(18-3)4-5-12(11)15/h4-6,8,13,16H,7H2,1-3H3. The number of benzene rings is 1. The van der Waals surface area contributed by atoms with Gasteiger partial charge in [-0.05, 0) is 37.7 Å². The van der Waals surface area contributed by atoms with Crippen LogP contribution in [0.25, 0.3) is 0 Å². The van der Waals surface area contributed by atoms with E-state index in [1.807, 2.05) is 26.1 Å². The fourth-order valence-electron chi connectivity index (χ4n) is 1.95. The monoisotopic (exact) mass is 340 g/mol. The van der Waals surface area contributed by atoms with Crippen LogP contribution in [0.1, 0.15) is 22.3 Å². The Balaban J connectivity index is 2.26. The third-order valence-corrected chi connectivity index (χ3v) is 4.68. The average molecular weight is 341 g/mol. The quantitative estimate of drug-likeness (QED) is 0.900. The molecule has 0 aliphatic carbocycles. The Labute approximate surface area is 126 Å². The number of aromatic nitrogens is 1. The van der Waals surface area contributed by atoms with Crippen LogP contribution in [0.5, 0.6) is 5.75 Å². The average Bonchev–Trinajstić information content (AvgIpc) is 2.82. The molecule has 0 aliphatic heterocycles. The maximum Gasteiger partial charge on any atom is 0.119 e. The number of methoxy groups -OCH3 is 1. The molecule has 1 aromatic carbocycles. The van der Waals surface area contributed by atoms with Crippen molar-refractivity contribution in [3.63, 3.8) is 0 Å². The molecule has 2 aromatic rings. The summed E-state index contributed by atoms with van der Waals surface area (Å²) < 4.78 is 6.38. The highest BCUT2D eigenvalue weighted by molar-refractivity contribution is 9.10. The van der Waals surface area contributed by atoms with Crippen LogP contribution in [0.3, 0.4) is 0 Å². The van der Waals surface area contributed by atoms with Crippen molar-refractivity contribution in [1.82, 2.24) is 10.3 Å². The van der Waals surface area contributed by atoms with Gasteiger partial charge in [0.1, 0.15) is 5.75 Å². The molecule has 0 aliphatic rings. The predicted molar refractivity (Wildman–Crippen MR) is 83.0 cm³/mol. The van der Waals surface area contributed by atoms with Crippen LogP contribution < -0.4 is 10.1 Å². The third kappa shape index (κ3) is 3.55.